The molecule has 0 aliphatic carbocycles. The molecule has 0 fully saturated rings. The zero-order valence-electron chi connectivity index (χ0n) is 13.3. The number of hydrogen-bond donors (Lipinski definition) is 0. The van der Waals surface area contributed by atoms with E-state index in [1.54, 1.807) is 19.9 Å². The van der Waals surface area contributed by atoms with Crippen molar-refractivity contribution in [2.24, 2.45) is 16.1 Å². The fourth-order valence-electron chi connectivity index (χ4n) is 2.12. The minimum atomic E-state index is -1.07. The molecule has 0 aromatic heterocycles. The van der Waals surface area contributed by atoms with Crippen LogP contribution in [0.3, 0.4) is 0 Å². The summed E-state index contributed by atoms with van der Waals surface area (Å²) in [6, 6.07) is 15.3. The average Bonchev–Trinajstić information content (AvgIpc) is 2.55. The number of rotatable bonds is 6. The van der Waals surface area contributed by atoms with Crippen molar-refractivity contribution < 1.29 is 9.66 Å². The van der Waals surface area contributed by atoms with Gasteiger partial charge >= 0.3 is 6.17 Å². The molecule has 0 spiro atoms. The number of benzene rings is 2. The minimum absolute atomic E-state index is 0.239. The average molecular weight is 313 g/mol. The lowest BCUT2D eigenvalue weighted by Gasteiger charge is -2.09. The van der Waals surface area contributed by atoms with Crippen molar-refractivity contribution in [2.75, 3.05) is 7.11 Å². The molecule has 2 aromatic carbocycles. The highest BCUT2D eigenvalue weighted by Crippen LogP contribution is 2.33. The first kappa shape index (κ1) is 16.6. The van der Waals surface area contributed by atoms with Crippen LogP contribution in [0.4, 0.5) is 5.69 Å². The van der Waals surface area contributed by atoms with Gasteiger partial charge in [-0.2, -0.15) is 0 Å². The van der Waals surface area contributed by atoms with E-state index in [-0.39, 0.29) is 5.92 Å². The largest absolute Gasteiger partial charge is 0.494 e. The Morgan fingerprint density at radius 1 is 1.09 bits per heavy atom. The van der Waals surface area contributed by atoms with Gasteiger partial charge in [-0.25, -0.2) is 0 Å². The molecule has 1 unspecified atom stereocenters. The van der Waals surface area contributed by atoms with Gasteiger partial charge in [-0.05, 0) is 23.3 Å². The molecule has 0 N–H and O–H groups in total. The molecule has 6 nitrogen and oxygen atoms in total. The Balaban J connectivity index is 2.38. The monoisotopic (exact) mass is 313 g/mol. The summed E-state index contributed by atoms with van der Waals surface area (Å²) in [6.45, 7) is 3.48. The van der Waals surface area contributed by atoms with E-state index in [9.17, 15) is 10.1 Å². The Morgan fingerprint density at radius 3 is 2.35 bits per heavy atom. The van der Waals surface area contributed by atoms with Gasteiger partial charge in [-0.1, -0.05) is 50.2 Å². The molecule has 0 aliphatic heterocycles. The van der Waals surface area contributed by atoms with E-state index >= 15 is 0 Å². The number of ether oxygens (including phenoxy) is 1. The van der Waals surface area contributed by atoms with Crippen LogP contribution in [0.1, 0.15) is 13.8 Å². The third kappa shape index (κ3) is 4.12. The van der Waals surface area contributed by atoms with Crippen molar-refractivity contribution >= 4 is 5.69 Å². The number of hydrogen-bond acceptors (Lipinski definition) is 5. The Hall–Kier alpha value is -2.76. The maximum absolute atomic E-state index is 11.0. The summed E-state index contributed by atoms with van der Waals surface area (Å²) in [5, 5.41) is 19.0. The zero-order valence-corrected chi connectivity index (χ0v) is 13.3. The molecule has 0 heterocycles. The topological polar surface area (TPSA) is 77.1 Å². The summed E-state index contributed by atoms with van der Waals surface area (Å²) in [5.41, 5.74) is 2.45. The van der Waals surface area contributed by atoms with Gasteiger partial charge in [0.25, 0.3) is 0 Å². The molecular weight excluding hydrogens is 294 g/mol. The van der Waals surface area contributed by atoms with Gasteiger partial charge in [0.1, 0.15) is 11.4 Å². The Labute approximate surface area is 135 Å². The van der Waals surface area contributed by atoms with Gasteiger partial charge in [0.05, 0.1) is 7.11 Å². The van der Waals surface area contributed by atoms with E-state index in [2.05, 4.69) is 10.2 Å². The van der Waals surface area contributed by atoms with Crippen LogP contribution in [0.25, 0.3) is 11.1 Å². The first-order valence-electron chi connectivity index (χ1n) is 7.30. The van der Waals surface area contributed by atoms with Gasteiger partial charge in [-0.15, -0.1) is 10.2 Å². The number of methoxy groups -OCH3 is 1. The van der Waals surface area contributed by atoms with E-state index in [0.717, 1.165) is 11.1 Å². The second-order valence-corrected chi connectivity index (χ2v) is 5.41. The predicted octanol–water partition coefficient (Wildman–Crippen LogP) is 4.70. The maximum atomic E-state index is 11.0. The number of nitro groups is 1. The fraction of sp³-hybridized carbons (Fsp3) is 0.294. The highest BCUT2D eigenvalue weighted by atomic mass is 16.6. The van der Waals surface area contributed by atoms with E-state index in [1.807, 2.05) is 42.5 Å². The molecule has 0 saturated heterocycles. The molecule has 2 rings (SSSR count). The quantitative estimate of drug-likeness (QED) is 0.440. The first-order valence-corrected chi connectivity index (χ1v) is 7.30. The Morgan fingerprint density at radius 2 is 1.78 bits per heavy atom. The summed E-state index contributed by atoms with van der Waals surface area (Å²) in [7, 11) is 1.53. The highest BCUT2D eigenvalue weighted by Gasteiger charge is 2.23. The van der Waals surface area contributed by atoms with E-state index in [1.165, 1.54) is 7.11 Å². The molecule has 0 bridgehead atoms. The summed E-state index contributed by atoms with van der Waals surface area (Å²) in [4.78, 5) is 10.6. The summed E-state index contributed by atoms with van der Waals surface area (Å²) < 4.78 is 5.27. The molecule has 0 radical (unpaired) electrons. The lowest BCUT2D eigenvalue weighted by molar-refractivity contribution is -0.529. The van der Waals surface area contributed by atoms with Crippen molar-refractivity contribution in [2.45, 2.75) is 20.0 Å². The fourth-order valence-corrected chi connectivity index (χ4v) is 2.12. The summed E-state index contributed by atoms with van der Waals surface area (Å²) in [5.74, 6) is 0.288. The van der Waals surface area contributed by atoms with Crippen LogP contribution < -0.4 is 4.74 Å². The molecule has 0 aliphatic rings. The molecule has 2 aromatic rings. The van der Waals surface area contributed by atoms with Crippen LogP contribution in [0.5, 0.6) is 5.75 Å². The second-order valence-electron chi connectivity index (χ2n) is 5.41. The molecule has 1 atom stereocenters. The molecule has 0 saturated carbocycles. The zero-order chi connectivity index (χ0) is 16.8. The van der Waals surface area contributed by atoms with Crippen LogP contribution >= 0.6 is 0 Å². The molecule has 0 amide bonds. The highest BCUT2D eigenvalue weighted by molar-refractivity contribution is 5.70. The molecular formula is C17H19N3O3. The van der Waals surface area contributed by atoms with Crippen molar-refractivity contribution in [3.63, 3.8) is 0 Å². The van der Waals surface area contributed by atoms with Crippen molar-refractivity contribution in [3.8, 4) is 16.9 Å². The SMILES string of the molecule is COc1ccc(-c2ccccc2)cc1N=NC(C(C)C)[N+](=O)[O-]. The lowest BCUT2D eigenvalue weighted by atomic mass is 10.1. The van der Waals surface area contributed by atoms with Crippen LogP contribution in [-0.2, 0) is 0 Å². The smallest absolute Gasteiger partial charge is 0.323 e. The Bertz CT molecular complexity index is 699. The van der Waals surface area contributed by atoms with Gasteiger partial charge in [-0.3, -0.25) is 10.1 Å². The van der Waals surface area contributed by atoms with Crippen molar-refractivity contribution in [1.29, 1.82) is 0 Å². The summed E-state index contributed by atoms with van der Waals surface area (Å²) in [6.07, 6.45) is -1.07. The number of nitrogens with zero attached hydrogens (tertiary/aromatic N) is 3. The van der Waals surface area contributed by atoms with Crippen molar-refractivity contribution in [3.05, 3.63) is 58.6 Å². The van der Waals surface area contributed by atoms with E-state index in [4.69, 9.17) is 4.74 Å². The van der Waals surface area contributed by atoms with Crippen LogP contribution in [0, 0.1) is 16.0 Å². The second kappa shape index (κ2) is 7.49. The van der Waals surface area contributed by atoms with E-state index in [0.29, 0.717) is 11.4 Å². The third-order valence-electron chi connectivity index (χ3n) is 3.38. The molecule has 6 heteroatoms. The van der Waals surface area contributed by atoms with Gasteiger partial charge in [0.2, 0.25) is 0 Å². The maximum Gasteiger partial charge on any atom is 0.323 e. The minimum Gasteiger partial charge on any atom is -0.494 e. The normalized spacial score (nSPS) is 12.5. The standard InChI is InChI=1S/C17H19N3O3/c1-12(2)17(20(21)22)19-18-15-11-14(9-10-16(15)23-3)13-7-5-4-6-8-13/h4-12,17H,1-3H3. The third-order valence-corrected chi connectivity index (χ3v) is 3.38. The van der Waals surface area contributed by atoms with Crippen LogP contribution in [-0.4, -0.2) is 18.2 Å². The van der Waals surface area contributed by atoms with Gasteiger partial charge in [0.15, 0.2) is 0 Å². The first-order chi connectivity index (χ1) is 11.0. The van der Waals surface area contributed by atoms with Crippen LogP contribution in [0.2, 0.25) is 0 Å². The van der Waals surface area contributed by atoms with E-state index < -0.39 is 11.1 Å². The van der Waals surface area contributed by atoms with Gasteiger partial charge in [0, 0.05) is 10.8 Å². The molecule has 120 valence electrons. The number of azo groups is 1. The van der Waals surface area contributed by atoms with Gasteiger partial charge < -0.3 is 4.74 Å². The summed E-state index contributed by atoms with van der Waals surface area (Å²) >= 11 is 0. The predicted molar refractivity (Wildman–Crippen MR) is 88.6 cm³/mol. The Kier molecular flexibility index (Phi) is 5.41. The van der Waals surface area contributed by atoms with Crippen LogP contribution in [0.15, 0.2) is 58.8 Å². The van der Waals surface area contributed by atoms with Crippen molar-refractivity contribution in [1.82, 2.24) is 0 Å². The lowest BCUT2D eigenvalue weighted by Crippen LogP contribution is -2.22. The molecule has 23 heavy (non-hydrogen) atoms.